The lowest BCUT2D eigenvalue weighted by Crippen LogP contribution is -2.00. The first-order chi connectivity index (χ1) is 8.67. The zero-order chi connectivity index (χ0) is 13.1. The standard InChI is InChI=1S/C12H14FN3OS/c1-3-6-16-11(14-15-12(16)18)8-4-5-9(13)10(7-8)17-2/h4-5,7H,3,6H2,1-2H3,(H,15,18). The second kappa shape index (κ2) is 5.30. The van der Waals surface area contributed by atoms with Crippen LogP contribution in [0.15, 0.2) is 18.2 Å². The summed E-state index contributed by atoms with van der Waals surface area (Å²) in [5.74, 6) is 0.502. The minimum Gasteiger partial charge on any atom is -0.494 e. The maximum absolute atomic E-state index is 13.4. The van der Waals surface area contributed by atoms with E-state index in [0.29, 0.717) is 10.6 Å². The molecule has 18 heavy (non-hydrogen) atoms. The van der Waals surface area contributed by atoms with Gasteiger partial charge in [-0.05, 0) is 36.8 Å². The first kappa shape index (κ1) is 12.8. The molecule has 0 atom stereocenters. The Hall–Kier alpha value is -1.69. The Morgan fingerprint density at radius 3 is 2.94 bits per heavy atom. The SMILES string of the molecule is CCCn1c(-c2ccc(F)c(OC)c2)n[nH]c1=S. The molecule has 0 aliphatic rings. The van der Waals surface area contributed by atoms with Crippen LogP contribution in [0, 0.1) is 10.6 Å². The molecule has 0 aliphatic carbocycles. The highest BCUT2D eigenvalue weighted by Gasteiger charge is 2.11. The Bertz CT molecular complexity index is 606. The van der Waals surface area contributed by atoms with E-state index >= 15 is 0 Å². The fourth-order valence-corrected chi connectivity index (χ4v) is 1.99. The second-order valence-corrected chi connectivity index (χ2v) is 4.24. The van der Waals surface area contributed by atoms with E-state index in [0.717, 1.165) is 18.5 Å². The molecule has 0 fully saturated rings. The van der Waals surface area contributed by atoms with Gasteiger partial charge in [-0.1, -0.05) is 6.92 Å². The minimum atomic E-state index is -0.391. The molecule has 2 rings (SSSR count). The molecule has 1 heterocycles. The summed E-state index contributed by atoms with van der Waals surface area (Å²) in [6.45, 7) is 2.83. The van der Waals surface area contributed by atoms with Crippen molar-refractivity contribution in [3.05, 3.63) is 28.8 Å². The molecular weight excluding hydrogens is 253 g/mol. The number of halogens is 1. The summed E-state index contributed by atoms with van der Waals surface area (Å²) in [5, 5.41) is 6.93. The van der Waals surface area contributed by atoms with E-state index in [1.54, 1.807) is 12.1 Å². The molecule has 1 aromatic heterocycles. The van der Waals surface area contributed by atoms with Crippen LogP contribution in [0.4, 0.5) is 4.39 Å². The predicted octanol–water partition coefficient (Wildman–Crippen LogP) is 3.17. The highest BCUT2D eigenvalue weighted by atomic mass is 32.1. The van der Waals surface area contributed by atoms with Gasteiger partial charge in [-0.25, -0.2) is 4.39 Å². The molecule has 0 radical (unpaired) electrons. The zero-order valence-electron chi connectivity index (χ0n) is 10.2. The molecule has 0 bridgehead atoms. The number of hydrogen-bond acceptors (Lipinski definition) is 3. The summed E-state index contributed by atoms with van der Waals surface area (Å²) >= 11 is 5.16. The molecule has 2 aromatic rings. The lowest BCUT2D eigenvalue weighted by atomic mass is 10.2. The molecule has 0 saturated heterocycles. The molecule has 0 amide bonds. The van der Waals surface area contributed by atoms with E-state index in [1.165, 1.54) is 13.2 Å². The van der Waals surface area contributed by atoms with Crippen LogP contribution in [0.25, 0.3) is 11.4 Å². The summed E-state index contributed by atoms with van der Waals surface area (Å²) < 4.78 is 20.8. The molecule has 96 valence electrons. The first-order valence-electron chi connectivity index (χ1n) is 5.66. The number of aromatic nitrogens is 3. The number of aromatic amines is 1. The van der Waals surface area contributed by atoms with Gasteiger partial charge in [0.2, 0.25) is 0 Å². The Labute approximate surface area is 109 Å². The van der Waals surface area contributed by atoms with E-state index in [2.05, 4.69) is 17.1 Å². The number of nitrogens with one attached hydrogen (secondary N) is 1. The van der Waals surface area contributed by atoms with Gasteiger partial charge in [0, 0.05) is 12.1 Å². The van der Waals surface area contributed by atoms with Crippen molar-refractivity contribution in [3.63, 3.8) is 0 Å². The summed E-state index contributed by atoms with van der Waals surface area (Å²) in [4.78, 5) is 0. The fraction of sp³-hybridized carbons (Fsp3) is 0.333. The van der Waals surface area contributed by atoms with Gasteiger partial charge >= 0.3 is 0 Å². The third kappa shape index (κ3) is 2.28. The molecule has 6 heteroatoms. The van der Waals surface area contributed by atoms with E-state index in [4.69, 9.17) is 17.0 Å². The summed E-state index contributed by atoms with van der Waals surface area (Å²) in [6.07, 6.45) is 0.944. The fourth-order valence-electron chi connectivity index (χ4n) is 1.77. The number of benzene rings is 1. The number of nitrogens with zero attached hydrogens (tertiary/aromatic N) is 2. The van der Waals surface area contributed by atoms with Crippen LogP contribution in [0.2, 0.25) is 0 Å². The van der Waals surface area contributed by atoms with E-state index < -0.39 is 5.82 Å². The third-order valence-corrected chi connectivity index (χ3v) is 2.93. The Morgan fingerprint density at radius 1 is 1.50 bits per heavy atom. The largest absolute Gasteiger partial charge is 0.494 e. The van der Waals surface area contributed by atoms with Crippen LogP contribution in [-0.2, 0) is 6.54 Å². The third-order valence-electron chi connectivity index (χ3n) is 2.61. The molecule has 0 aliphatic heterocycles. The normalized spacial score (nSPS) is 10.6. The molecule has 0 unspecified atom stereocenters. The van der Waals surface area contributed by atoms with Crippen molar-refractivity contribution in [2.45, 2.75) is 19.9 Å². The maximum Gasteiger partial charge on any atom is 0.195 e. The molecule has 1 N–H and O–H groups in total. The molecule has 0 saturated carbocycles. The van der Waals surface area contributed by atoms with Crippen LogP contribution < -0.4 is 4.74 Å². The van der Waals surface area contributed by atoms with Gasteiger partial charge in [-0.3, -0.25) is 5.10 Å². The number of methoxy groups -OCH3 is 1. The highest BCUT2D eigenvalue weighted by molar-refractivity contribution is 7.71. The smallest absolute Gasteiger partial charge is 0.195 e. The van der Waals surface area contributed by atoms with Crippen molar-refractivity contribution in [2.24, 2.45) is 0 Å². The topological polar surface area (TPSA) is 42.8 Å². The number of H-pyrrole nitrogens is 1. The van der Waals surface area contributed by atoms with Gasteiger partial charge in [-0.15, -0.1) is 0 Å². The quantitative estimate of drug-likeness (QED) is 0.865. The van der Waals surface area contributed by atoms with E-state index in [9.17, 15) is 4.39 Å². The van der Waals surface area contributed by atoms with E-state index in [-0.39, 0.29) is 5.75 Å². The van der Waals surface area contributed by atoms with Crippen LogP contribution in [-0.4, -0.2) is 21.9 Å². The molecule has 4 nitrogen and oxygen atoms in total. The Balaban J connectivity index is 2.51. The summed E-state index contributed by atoms with van der Waals surface area (Å²) in [5.41, 5.74) is 0.772. The summed E-state index contributed by atoms with van der Waals surface area (Å²) in [6, 6.07) is 4.64. The van der Waals surface area contributed by atoms with Gasteiger partial charge in [0.25, 0.3) is 0 Å². The van der Waals surface area contributed by atoms with Crippen LogP contribution in [0.5, 0.6) is 5.75 Å². The lowest BCUT2D eigenvalue weighted by Gasteiger charge is -2.07. The van der Waals surface area contributed by atoms with Crippen molar-refractivity contribution in [2.75, 3.05) is 7.11 Å². The van der Waals surface area contributed by atoms with E-state index in [1.807, 2.05) is 4.57 Å². The van der Waals surface area contributed by atoms with Gasteiger partial charge in [0.05, 0.1) is 7.11 Å². The van der Waals surface area contributed by atoms with Gasteiger partial charge < -0.3 is 9.30 Å². The number of hydrogen-bond donors (Lipinski definition) is 1. The molecular formula is C12H14FN3OS. The minimum absolute atomic E-state index is 0.199. The van der Waals surface area contributed by atoms with Crippen LogP contribution in [0.1, 0.15) is 13.3 Å². The second-order valence-electron chi connectivity index (χ2n) is 3.85. The average Bonchev–Trinajstić information content (AvgIpc) is 2.73. The Morgan fingerprint density at radius 2 is 2.28 bits per heavy atom. The van der Waals surface area contributed by atoms with Gasteiger partial charge in [-0.2, -0.15) is 5.10 Å². The van der Waals surface area contributed by atoms with Crippen LogP contribution >= 0.6 is 12.2 Å². The first-order valence-corrected chi connectivity index (χ1v) is 6.07. The zero-order valence-corrected chi connectivity index (χ0v) is 11.1. The Kier molecular flexibility index (Phi) is 3.76. The van der Waals surface area contributed by atoms with Crippen molar-refractivity contribution >= 4 is 12.2 Å². The monoisotopic (exact) mass is 267 g/mol. The highest BCUT2D eigenvalue weighted by Crippen LogP contribution is 2.25. The van der Waals surface area contributed by atoms with Crippen molar-refractivity contribution < 1.29 is 9.13 Å². The van der Waals surface area contributed by atoms with Crippen molar-refractivity contribution in [3.8, 4) is 17.1 Å². The van der Waals surface area contributed by atoms with Gasteiger partial charge in [0.1, 0.15) is 0 Å². The number of rotatable bonds is 4. The van der Waals surface area contributed by atoms with Crippen molar-refractivity contribution in [1.82, 2.24) is 14.8 Å². The number of ether oxygens (including phenoxy) is 1. The maximum atomic E-state index is 13.4. The van der Waals surface area contributed by atoms with Gasteiger partial charge in [0.15, 0.2) is 22.2 Å². The summed E-state index contributed by atoms with van der Waals surface area (Å²) in [7, 11) is 1.44. The average molecular weight is 267 g/mol. The molecule has 0 spiro atoms. The van der Waals surface area contributed by atoms with Crippen LogP contribution in [0.3, 0.4) is 0 Å². The lowest BCUT2D eigenvalue weighted by molar-refractivity contribution is 0.386. The molecule has 1 aromatic carbocycles. The van der Waals surface area contributed by atoms with Crippen molar-refractivity contribution in [1.29, 1.82) is 0 Å². The predicted molar refractivity (Wildman–Crippen MR) is 69.6 cm³/mol.